The molecule has 0 atom stereocenters. The number of benzene rings is 1. The summed E-state index contributed by atoms with van der Waals surface area (Å²) in [5.41, 5.74) is 4.39. The number of halogens is 2. The molecule has 0 heterocycles. The van der Waals surface area contributed by atoms with Crippen molar-refractivity contribution in [1.82, 2.24) is 0 Å². The minimum Gasteiger partial charge on any atom is -0.508 e. The molecular formula is C11H13F2NO. The minimum absolute atomic E-state index is 0.0959. The lowest BCUT2D eigenvalue weighted by molar-refractivity contribution is -0.0354. The summed E-state index contributed by atoms with van der Waals surface area (Å²) in [6, 6.07) is 6.13. The lowest BCUT2D eigenvalue weighted by atomic mass is 9.99. The van der Waals surface area contributed by atoms with E-state index in [9.17, 15) is 13.9 Å². The van der Waals surface area contributed by atoms with Crippen molar-refractivity contribution in [2.75, 3.05) is 0 Å². The third-order valence-corrected chi connectivity index (χ3v) is 2.92. The summed E-state index contributed by atoms with van der Waals surface area (Å²) in [7, 11) is 0. The Morgan fingerprint density at radius 1 is 1.33 bits per heavy atom. The van der Waals surface area contributed by atoms with E-state index in [4.69, 9.17) is 5.73 Å². The van der Waals surface area contributed by atoms with Gasteiger partial charge in [0, 0.05) is 6.42 Å². The molecule has 0 saturated heterocycles. The molecule has 3 N–H and O–H groups in total. The van der Waals surface area contributed by atoms with Gasteiger partial charge < -0.3 is 10.8 Å². The number of rotatable bonds is 3. The Kier molecular flexibility index (Phi) is 2.19. The molecule has 1 aliphatic carbocycles. The lowest BCUT2D eigenvalue weighted by Crippen LogP contribution is -2.45. The first-order chi connectivity index (χ1) is 6.95. The van der Waals surface area contributed by atoms with Gasteiger partial charge >= 0.3 is 0 Å². The SMILES string of the molecule is NC1(C(F)(F)Cc2ccccc2O)CC1. The van der Waals surface area contributed by atoms with Gasteiger partial charge in [0.25, 0.3) is 5.92 Å². The second-order valence-electron chi connectivity index (χ2n) is 4.17. The lowest BCUT2D eigenvalue weighted by Gasteiger charge is -2.23. The number of phenols is 1. The topological polar surface area (TPSA) is 46.2 Å². The van der Waals surface area contributed by atoms with E-state index in [0.29, 0.717) is 12.8 Å². The van der Waals surface area contributed by atoms with Crippen LogP contribution >= 0.6 is 0 Å². The van der Waals surface area contributed by atoms with Crippen LogP contribution in [0, 0.1) is 0 Å². The fourth-order valence-corrected chi connectivity index (χ4v) is 1.58. The van der Waals surface area contributed by atoms with E-state index < -0.39 is 17.9 Å². The van der Waals surface area contributed by atoms with Crippen LogP contribution < -0.4 is 5.73 Å². The Bertz CT molecular complexity index is 375. The van der Waals surface area contributed by atoms with E-state index in [1.54, 1.807) is 12.1 Å². The third-order valence-electron chi connectivity index (χ3n) is 2.92. The predicted molar refractivity (Wildman–Crippen MR) is 52.9 cm³/mol. The Labute approximate surface area is 86.7 Å². The molecule has 0 aliphatic heterocycles. The highest BCUT2D eigenvalue weighted by Crippen LogP contribution is 2.47. The van der Waals surface area contributed by atoms with E-state index in [1.807, 2.05) is 0 Å². The molecule has 0 unspecified atom stereocenters. The van der Waals surface area contributed by atoms with Crippen molar-refractivity contribution >= 4 is 0 Å². The molecule has 0 aromatic heterocycles. The van der Waals surface area contributed by atoms with Crippen LogP contribution in [-0.2, 0) is 6.42 Å². The third kappa shape index (κ3) is 1.81. The van der Waals surface area contributed by atoms with Gasteiger partial charge in [-0.05, 0) is 24.5 Å². The quantitative estimate of drug-likeness (QED) is 0.807. The van der Waals surface area contributed by atoms with Crippen LogP contribution in [0.5, 0.6) is 5.75 Å². The molecule has 0 bridgehead atoms. The van der Waals surface area contributed by atoms with Gasteiger partial charge in [0.1, 0.15) is 5.75 Å². The average Bonchev–Trinajstić information content (AvgIpc) is 2.89. The summed E-state index contributed by atoms with van der Waals surface area (Å²) in [5.74, 6) is -3.03. The van der Waals surface area contributed by atoms with Crippen LogP contribution in [0.2, 0.25) is 0 Å². The average molecular weight is 213 g/mol. The van der Waals surface area contributed by atoms with E-state index in [1.165, 1.54) is 12.1 Å². The highest BCUT2D eigenvalue weighted by Gasteiger charge is 2.59. The molecule has 0 spiro atoms. The van der Waals surface area contributed by atoms with Gasteiger partial charge in [0.15, 0.2) is 0 Å². The van der Waals surface area contributed by atoms with Gasteiger partial charge in [-0.3, -0.25) is 0 Å². The van der Waals surface area contributed by atoms with Gasteiger partial charge in [-0.1, -0.05) is 18.2 Å². The van der Waals surface area contributed by atoms with Crippen molar-refractivity contribution in [3.8, 4) is 5.75 Å². The van der Waals surface area contributed by atoms with Crippen molar-refractivity contribution in [1.29, 1.82) is 0 Å². The van der Waals surface area contributed by atoms with Gasteiger partial charge in [-0.15, -0.1) is 0 Å². The summed E-state index contributed by atoms with van der Waals surface area (Å²) in [4.78, 5) is 0. The first-order valence-electron chi connectivity index (χ1n) is 4.88. The Hall–Kier alpha value is -1.16. The van der Waals surface area contributed by atoms with Crippen molar-refractivity contribution in [2.45, 2.75) is 30.7 Å². The summed E-state index contributed by atoms with van der Waals surface area (Å²) in [6.45, 7) is 0. The maximum atomic E-state index is 13.6. The van der Waals surface area contributed by atoms with Gasteiger partial charge in [-0.25, -0.2) is 8.78 Å². The molecule has 15 heavy (non-hydrogen) atoms. The second kappa shape index (κ2) is 3.17. The summed E-state index contributed by atoms with van der Waals surface area (Å²) in [5, 5.41) is 9.39. The van der Waals surface area contributed by atoms with Crippen LogP contribution in [0.1, 0.15) is 18.4 Å². The zero-order valence-corrected chi connectivity index (χ0v) is 8.21. The zero-order chi connectivity index (χ0) is 11.1. The molecule has 1 aromatic carbocycles. The van der Waals surface area contributed by atoms with E-state index >= 15 is 0 Å². The fourth-order valence-electron chi connectivity index (χ4n) is 1.58. The molecule has 2 rings (SSSR count). The molecule has 0 radical (unpaired) electrons. The molecule has 4 heteroatoms. The summed E-state index contributed by atoms with van der Waals surface area (Å²) >= 11 is 0. The maximum Gasteiger partial charge on any atom is 0.269 e. The molecule has 1 fully saturated rings. The van der Waals surface area contributed by atoms with Crippen molar-refractivity contribution in [3.63, 3.8) is 0 Å². The summed E-state index contributed by atoms with van der Waals surface area (Å²) in [6.07, 6.45) is 0.220. The largest absolute Gasteiger partial charge is 0.508 e. The van der Waals surface area contributed by atoms with Crippen molar-refractivity contribution in [3.05, 3.63) is 29.8 Å². The first kappa shape index (κ1) is 10.4. The normalized spacial score (nSPS) is 18.9. The first-order valence-corrected chi connectivity index (χ1v) is 4.88. The predicted octanol–water partition coefficient (Wildman–Crippen LogP) is 2.06. The van der Waals surface area contributed by atoms with Crippen LogP contribution in [0.25, 0.3) is 0 Å². The van der Waals surface area contributed by atoms with Crippen LogP contribution in [0.15, 0.2) is 24.3 Å². The van der Waals surface area contributed by atoms with Crippen LogP contribution in [-0.4, -0.2) is 16.6 Å². The fraction of sp³-hybridized carbons (Fsp3) is 0.455. The van der Waals surface area contributed by atoms with Crippen LogP contribution in [0.4, 0.5) is 8.78 Å². The number of aromatic hydroxyl groups is 1. The molecule has 1 aromatic rings. The standard InChI is InChI=1S/C11H13F2NO/c12-11(13,10(14)5-6-10)7-8-3-1-2-4-9(8)15/h1-4,15H,5-7,14H2. The Morgan fingerprint density at radius 2 is 1.93 bits per heavy atom. The monoisotopic (exact) mass is 213 g/mol. The molecule has 2 nitrogen and oxygen atoms in total. The minimum atomic E-state index is -2.94. The highest BCUT2D eigenvalue weighted by atomic mass is 19.3. The molecule has 1 aliphatic rings. The molecular weight excluding hydrogens is 200 g/mol. The van der Waals surface area contributed by atoms with Crippen molar-refractivity contribution < 1.29 is 13.9 Å². The Balaban J connectivity index is 2.18. The van der Waals surface area contributed by atoms with Gasteiger partial charge in [-0.2, -0.15) is 0 Å². The van der Waals surface area contributed by atoms with E-state index in [-0.39, 0.29) is 11.3 Å². The maximum absolute atomic E-state index is 13.6. The summed E-state index contributed by atoms with van der Waals surface area (Å²) < 4.78 is 27.2. The molecule has 0 amide bonds. The van der Waals surface area contributed by atoms with Crippen LogP contribution in [0.3, 0.4) is 0 Å². The number of alkyl halides is 2. The highest BCUT2D eigenvalue weighted by molar-refractivity contribution is 5.33. The molecule has 82 valence electrons. The van der Waals surface area contributed by atoms with Gasteiger partial charge in [0.05, 0.1) is 5.54 Å². The second-order valence-corrected chi connectivity index (χ2v) is 4.17. The van der Waals surface area contributed by atoms with E-state index in [2.05, 4.69) is 0 Å². The molecule has 1 saturated carbocycles. The van der Waals surface area contributed by atoms with Crippen molar-refractivity contribution in [2.24, 2.45) is 5.73 Å². The van der Waals surface area contributed by atoms with E-state index in [0.717, 1.165) is 0 Å². The Morgan fingerprint density at radius 3 is 2.47 bits per heavy atom. The number of hydrogen-bond acceptors (Lipinski definition) is 2. The zero-order valence-electron chi connectivity index (χ0n) is 8.21. The smallest absolute Gasteiger partial charge is 0.269 e. The number of nitrogens with two attached hydrogens (primary N) is 1. The van der Waals surface area contributed by atoms with Gasteiger partial charge in [0.2, 0.25) is 0 Å². The number of phenolic OH excluding ortho intramolecular Hbond substituents is 1. The number of para-hydroxylation sites is 1. The number of hydrogen-bond donors (Lipinski definition) is 2.